The molecule has 0 N–H and O–H groups in total. The normalized spacial score (nSPS) is 7.70. The van der Waals surface area contributed by atoms with Gasteiger partial charge in [0, 0.05) is 24.3 Å². The molecule has 2 aromatic heterocycles. The van der Waals surface area contributed by atoms with E-state index >= 15 is 0 Å². The fourth-order valence-corrected chi connectivity index (χ4v) is 1.29. The number of fused-ring (bicyclic) bond motifs is 1. The maximum atomic E-state index is 4.26. The highest BCUT2D eigenvalue weighted by Gasteiger charge is 1.99. The van der Waals surface area contributed by atoms with Crippen molar-refractivity contribution in [3.63, 3.8) is 0 Å². The van der Waals surface area contributed by atoms with Gasteiger partial charge in [-0.1, -0.05) is 61.8 Å². The van der Waals surface area contributed by atoms with Crippen molar-refractivity contribution in [2.75, 3.05) is 0 Å². The number of aryl methyl sites for hydroxylation is 2. The third-order valence-electron chi connectivity index (χ3n) is 2.03. The van der Waals surface area contributed by atoms with Crippen LogP contribution in [0, 0.1) is 6.92 Å². The Balaban J connectivity index is -0.000000275. The maximum absolute atomic E-state index is 4.26. The quantitative estimate of drug-likeness (QED) is 0.547. The van der Waals surface area contributed by atoms with Crippen LogP contribution in [0.2, 0.25) is 0 Å². The van der Waals surface area contributed by atoms with E-state index in [-0.39, 0.29) is 0 Å². The van der Waals surface area contributed by atoms with E-state index in [0.29, 0.717) is 0 Å². The van der Waals surface area contributed by atoms with Gasteiger partial charge in [-0.25, -0.2) is 4.98 Å². The molecule has 2 nitrogen and oxygen atoms in total. The highest BCUT2D eigenvalue weighted by atomic mass is 15.0. The van der Waals surface area contributed by atoms with Crippen LogP contribution >= 0.6 is 0 Å². The summed E-state index contributed by atoms with van der Waals surface area (Å²) >= 11 is 0. The number of hydrogen-bond donors (Lipinski definition) is 0. The highest BCUT2D eigenvalue weighted by Crippen LogP contribution is 2.14. The first-order chi connectivity index (χ1) is 9.70. The molecule has 0 aliphatic carbocycles. The highest BCUT2D eigenvalue weighted by molar-refractivity contribution is 5.76. The molecule has 0 fully saturated rings. The number of pyridine rings is 1. The monoisotopic (exact) mass is 280 g/mol. The second kappa shape index (κ2) is 17.7. The van der Waals surface area contributed by atoms with Crippen LogP contribution in [0.4, 0.5) is 0 Å². The van der Waals surface area contributed by atoms with Gasteiger partial charge in [0.1, 0.15) is 5.65 Å². The molecule has 0 atom stereocenters. The van der Waals surface area contributed by atoms with Gasteiger partial charge in [-0.2, -0.15) is 0 Å². The van der Waals surface area contributed by atoms with Gasteiger partial charge in [0.2, 0.25) is 0 Å². The summed E-state index contributed by atoms with van der Waals surface area (Å²) < 4.78 is 2.09. The second-order valence-electron chi connectivity index (χ2n) is 3.47. The van der Waals surface area contributed by atoms with Crippen LogP contribution in [-0.2, 0) is 7.05 Å². The summed E-state index contributed by atoms with van der Waals surface area (Å²) in [7, 11) is 2.03. The van der Waals surface area contributed by atoms with E-state index in [4.69, 9.17) is 0 Å². The molecule has 0 aliphatic heterocycles. The topological polar surface area (TPSA) is 17.8 Å². The Kier molecular flexibility index (Phi) is 21.0. The first-order valence-electron chi connectivity index (χ1n) is 8.07. The lowest BCUT2D eigenvalue weighted by Gasteiger charge is -1.95. The molecule has 118 valence electrons. The van der Waals surface area contributed by atoms with Crippen LogP contribution in [-0.4, -0.2) is 9.55 Å². The van der Waals surface area contributed by atoms with Gasteiger partial charge in [-0.05, 0) is 25.1 Å². The van der Waals surface area contributed by atoms with E-state index in [0.717, 1.165) is 5.65 Å². The van der Waals surface area contributed by atoms with Crippen molar-refractivity contribution in [3.8, 4) is 0 Å². The molecular formula is C18H36N2. The minimum atomic E-state index is 1.06. The molecule has 0 radical (unpaired) electrons. The van der Waals surface area contributed by atoms with E-state index in [2.05, 4.69) is 42.5 Å². The van der Waals surface area contributed by atoms with Crippen molar-refractivity contribution in [1.29, 1.82) is 0 Å². The molecular weight excluding hydrogens is 244 g/mol. The van der Waals surface area contributed by atoms with Crippen LogP contribution < -0.4 is 0 Å². The Morgan fingerprint density at radius 1 is 1.00 bits per heavy atom. The standard InChI is InChI=1S/C9H10N2.C3H8.3C2H6/c1-7-6-8-4-3-5-10-9(8)11(7)2;1-3-2;3*1-2/h3-6H,1-2H3;3H2,1-2H3;3*1-2H3. The molecule has 0 aliphatic rings. The van der Waals surface area contributed by atoms with E-state index in [9.17, 15) is 0 Å². The van der Waals surface area contributed by atoms with Crippen molar-refractivity contribution in [2.24, 2.45) is 7.05 Å². The van der Waals surface area contributed by atoms with Crippen molar-refractivity contribution < 1.29 is 0 Å². The lowest BCUT2D eigenvalue weighted by Crippen LogP contribution is -1.90. The summed E-state index contributed by atoms with van der Waals surface area (Å²) in [5.41, 5.74) is 2.31. The zero-order valence-corrected chi connectivity index (χ0v) is 15.4. The Bertz CT molecular complexity index is 403. The molecule has 0 bridgehead atoms. The molecule has 0 amide bonds. The summed E-state index contributed by atoms with van der Waals surface area (Å²) in [4.78, 5) is 4.26. The predicted molar refractivity (Wildman–Crippen MR) is 95.5 cm³/mol. The summed E-state index contributed by atoms with van der Waals surface area (Å²) in [6.45, 7) is 18.3. The zero-order valence-electron chi connectivity index (χ0n) is 15.4. The SMILES string of the molecule is CC.CC.CC.CCC.Cc1cc2cccnc2n1C. The minimum Gasteiger partial charge on any atom is -0.333 e. The third-order valence-corrected chi connectivity index (χ3v) is 2.03. The number of hydrogen-bond acceptors (Lipinski definition) is 1. The second-order valence-corrected chi connectivity index (χ2v) is 3.47. The van der Waals surface area contributed by atoms with Crippen molar-refractivity contribution in [1.82, 2.24) is 9.55 Å². The molecule has 2 heteroatoms. The summed E-state index contributed by atoms with van der Waals surface area (Å²) in [6, 6.07) is 6.18. The van der Waals surface area contributed by atoms with Gasteiger partial charge in [0.15, 0.2) is 0 Å². The molecule has 0 spiro atoms. The largest absolute Gasteiger partial charge is 0.333 e. The van der Waals surface area contributed by atoms with Gasteiger partial charge < -0.3 is 4.57 Å². The lowest BCUT2D eigenvalue weighted by molar-refractivity contribution is 0.902. The first-order valence-corrected chi connectivity index (χ1v) is 8.07. The Morgan fingerprint density at radius 3 is 1.85 bits per heavy atom. The molecule has 2 aromatic rings. The van der Waals surface area contributed by atoms with E-state index in [1.807, 2.05) is 60.9 Å². The van der Waals surface area contributed by atoms with E-state index < -0.39 is 0 Å². The molecule has 0 unspecified atom stereocenters. The maximum Gasteiger partial charge on any atom is 0.139 e. The van der Waals surface area contributed by atoms with Crippen molar-refractivity contribution >= 4 is 11.0 Å². The van der Waals surface area contributed by atoms with Crippen LogP contribution in [0.1, 0.15) is 67.5 Å². The molecule has 20 heavy (non-hydrogen) atoms. The van der Waals surface area contributed by atoms with Crippen LogP contribution in [0.15, 0.2) is 24.4 Å². The summed E-state index contributed by atoms with van der Waals surface area (Å²) in [6.07, 6.45) is 3.07. The first kappa shape index (κ1) is 23.8. The zero-order chi connectivity index (χ0) is 16.6. The predicted octanol–water partition coefficient (Wildman–Crippen LogP) is 6.38. The van der Waals surface area contributed by atoms with Crippen LogP contribution in [0.3, 0.4) is 0 Å². The fourth-order valence-electron chi connectivity index (χ4n) is 1.29. The molecule has 0 saturated heterocycles. The van der Waals surface area contributed by atoms with Crippen molar-refractivity contribution in [3.05, 3.63) is 30.1 Å². The van der Waals surface area contributed by atoms with Gasteiger partial charge >= 0.3 is 0 Å². The molecule has 2 rings (SSSR count). The van der Waals surface area contributed by atoms with Crippen LogP contribution in [0.5, 0.6) is 0 Å². The van der Waals surface area contributed by atoms with E-state index in [1.54, 1.807) is 0 Å². The Hall–Kier alpha value is -1.31. The Labute approximate surface area is 127 Å². The lowest BCUT2D eigenvalue weighted by atomic mass is 10.3. The minimum absolute atomic E-state index is 1.06. The molecule has 0 aromatic carbocycles. The van der Waals surface area contributed by atoms with Crippen LogP contribution in [0.25, 0.3) is 11.0 Å². The average Bonchev–Trinajstić information content (AvgIpc) is 2.82. The number of aromatic nitrogens is 2. The number of nitrogens with zero attached hydrogens (tertiary/aromatic N) is 2. The summed E-state index contributed by atoms with van der Waals surface area (Å²) in [5, 5.41) is 1.22. The van der Waals surface area contributed by atoms with E-state index in [1.165, 1.54) is 17.5 Å². The Morgan fingerprint density at radius 2 is 1.45 bits per heavy atom. The molecule has 2 heterocycles. The fraction of sp³-hybridized carbons (Fsp3) is 0.611. The summed E-state index contributed by atoms with van der Waals surface area (Å²) in [5.74, 6) is 0. The van der Waals surface area contributed by atoms with Gasteiger partial charge in [-0.3, -0.25) is 0 Å². The smallest absolute Gasteiger partial charge is 0.139 e. The molecule has 0 saturated carbocycles. The van der Waals surface area contributed by atoms with Gasteiger partial charge in [0.25, 0.3) is 0 Å². The van der Waals surface area contributed by atoms with Gasteiger partial charge in [-0.15, -0.1) is 0 Å². The average molecular weight is 280 g/mol. The third kappa shape index (κ3) is 8.73. The number of rotatable bonds is 0. The van der Waals surface area contributed by atoms with Gasteiger partial charge in [0.05, 0.1) is 0 Å². The van der Waals surface area contributed by atoms with Crippen molar-refractivity contribution in [2.45, 2.75) is 68.7 Å².